The minimum absolute atomic E-state index is 0.110. The number of carbonyl (C=O) groups excluding carboxylic acids is 1. The second-order valence-corrected chi connectivity index (χ2v) is 7.76. The molecule has 27 heavy (non-hydrogen) atoms. The van der Waals surface area contributed by atoms with Crippen LogP contribution >= 0.6 is 11.3 Å². The first-order valence-electron chi connectivity index (χ1n) is 8.75. The van der Waals surface area contributed by atoms with E-state index in [9.17, 15) is 4.79 Å². The van der Waals surface area contributed by atoms with Crippen LogP contribution in [0.15, 0.2) is 24.7 Å². The van der Waals surface area contributed by atoms with E-state index >= 15 is 0 Å². The molecule has 1 unspecified atom stereocenters. The van der Waals surface area contributed by atoms with Gasteiger partial charge in [-0.15, -0.1) is 11.3 Å². The molecule has 0 bridgehead atoms. The Balaban J connectivity index is 1.62. The average Bonchev–Trinajstić information content (AvgIpc) is 3.30. The summed E-state index contributed by atoms with van der Waals surface area (Å²) in [5.74, 6) is 1.59. The minimum Gasteiger partial charge on any atom is -0.494 e. The van der Waals surface area contributed by atoms with Crippen LogP contribution in [0, 0.1) is 5.92 Å². The number of aromatic amines is 1. The molecule has 1 aliphatic rings. The number of anilines is 2. The number of rotatable bonds is 4. The fourth-order valence-corrected chi connectivity index (χ4v) is 4.99. The molecule has 7 nitrogen and oxygen atoms in total. The number of ether oxygens (including phenoxy) is 1. The molecule has 0 fully saturated rings. The van der Waals surface area contributed by atoms with Gasteiger partial charge in [0.15, 0.2) is 0 Å². The Kier molecular flexibility index (Phi) is 3.78. The molecule has 0 aliphatic heterocycles. The summed E-state index contributed by atoms with van der Waals surface area (Å²) < 4.78 is 5.54. The predicted molar refractivity (Wildman–Crippen MR) is 105 cm³/mol. The van der Waals surface area contributed by atoms with Gasteiger partial charge in [-0.2, -0.15) is 5.10 Å². The van der Waals surface area contributed by atoms with Crippen LogP contribution in [0.1, 0.15) is 16.9 Å². The van der Waals surface area contributed by atoms with E-state index in [1.54, 1.807) is 31.0 Å². The van der Waals surface area contributed by atoms with Crippen molar-refractivity contribution in [3.05, 3.63) is 35.1 Å². The molecular formula is C19H17N5O2S. The highest BCUT2D eigenvalue weighted by molar-refractivity contribution is 7.19. The van der Waals surface area contributed by atoms with Crippen LogP contribution in [0.3, 0.4) is 0 Å². The van der Waals surface area contributed by atoms with Gasteiger partial charge in [0.1, 0.15) is 29.0 Å². The summed E-state index contributed by atoms with van der Waals surface area (Å²) in [6.45, 7) is 0. The van der Waals surface area contributed by atoms with E-state index in [1.807, 2.05) is 12.1 Å². The van der Waals surface area contributed by atoms with E-state index < -0.39 is 0 Å². The molecule has 3 heterocycles. The van der Waals surface area contributed by atoms with Crippen molar-refractivity contribution in [3.8, 4) is 5.75 Å². The highest BCUT2D eigenvalue weighted by Gasteiger charge is 2.25. The zero-order valence-electron chi connectivity index (χ0n) is 14.7. The van der Waals surface area contributed by atoms with Crippen LogP contribution in [0.4, 0.5) is 11.5 Å². The van der Waals surface area contributed by atoms with Crippen molar-refractivity contribution >= 4 is 50.2 Å². The number of H-pyrrole nitrogens is 1. The molecule has 1 atom stereocenters. The fourth-order valence-electron chi connectivity index (χ4n) is 3.71. The summed E-state index contributed by atoms with van der Waals surface area (Å²) in [4.78, 5) is 22.3. The molecule has 0 spiro atoms. The van der Waals surface area contributed by atoms with Gasteiger partial charge in [-0.1, -0.05) is 0 Å². The number of nitrogens with one attached hydrogen (secondary N) is 2. The topological polar surface area (TPSA) is 92.8 Å². The first-order chi connectivity index (χ1) is 13.3. The Labute approximate surface area is 158 Å². The van der Waals surface area contributed by atoms with Gasteiger partial charge in [0.25, 0.3) is 0 Å². The molecule has 5 rings (SSSR count). The van der Waals surface area contributed by atoms with Crippen molar-refractivity contribution in [2.24, 2.45) is 5.92 Å². The Hall–Kier alpha value is -3.00. The van der Waals surface area contributed by atoms with Crippen molar-refractivity contribution in [3.63, 3.8) is 0 Å². The van der Waals surface area contributed by atoms with Gasteiger partial charge >= 0.3 is 0 Å². The lowest BCUT2D eigenvalue weighted by Crippen LogP contribution is -2.13. The Bertz CT molecular complexity index is 1170. The Morgan fingerprint density at radius 3 is 3.15 bits per heavy atom. The normalized spacial score (nSPS) is 16.4. The largest absolute Gasteiger partial charge is 0.494 e. The summed E-state index contributed by atoms with van der Waals surface area (Å²) in [5.41, 5.74) is 3.01. The number of thiophene rings is 1. The number of nitrogens with zero attached hydrogens (tertiary/aromatic N) is 3. The smallest absolute Gasteiger partial charge is 0.144 e. The number of hydrogen-bond donors (Lipinski definition) is 2. The monoisotopic (exact) mass is 379 g/mol. The van der Waals surface area contributed by atoms with Crippen LogP contribution in [0.2, 0.25) is 0 Å². The molecule has 3 aromatic heterocycles. The van der Waals surface area contributed by atoms with Gasteiger partial charge in [-0.3, -0.25) is 5.10 Å². The maximum Gasteiger partial charge on any atom is 0.144 e. The van der Waals surface area contributed by atoms with Crippen LogP contribution in [-0.2, 0) is 17.6 Å². The van der Waals surface area contributed by atoms with Gasteiger partial charge < -0.3 is 14.8 Å². The van der Waals surface area contributed by atoms with E-state index in [4.69, 9.17) is 4.74 Å². The highest BCUT2D eigenvalue weighted by atomic mass is 32.1. The molecule has 0 saturated carbocycles. The summed E-state index contributed by atoms with van der Waals surface area (Å²) in [6, 6.07) is 3.91. The Morgan fingerprint density at radius 1 is 1.37 bits per heavy atom. The number of aromatic nitrogens is 4. The maximum atomic E-state index is 11.2. The van der Waals surface area contributed by atoms with E-state index in [0.717, 1.165) is 58.2 Å². The molecule has 0 saturated heterocycles. The molecule has 4 aromatic rings. The van der Waals surface area contributed by atoms with Crippen LogP contribution in [0.25, 0.3) is 21.1 Å². The third-order valence-electron chi connectivity index (χ3n) is 5.09. The number of aryl methyl sites for hydroxylation is 1. The quantitative estimate of drug-likeness (QED) is 0.526. The Morgan fingerprint density at radius 2 is 2.30 bits per heavy atom. The highest BCUT2D eigenvalue weighted by Crippen LogP contribution is 2.41. The zero-order valence-corrected chi connectivity index (χ0v) is 15.5. The molecule has 8 heteroatoms. The molecule has 1 aromatic carbocycles. The summed E-state index contributed by atoms with van der Waals surface area (Å²) in [6.07, 6.45) is 6.97. The summed E-state index contributed by atoms with van der Waals surface area (Å²) in [7, 11) is 1.64. The first-order valence-corrected chi connectivity index (χ1v) is 9.57. The van der Waals surface area contributed by atoms with Crippen molar-refractivity contribution in [1.82, 2.24) is 20.2 Å². The average molecular weight is 379 g/mol. The molecule has 2 N–H and O–H groups in total. The standard InChI is InChI=1S/C19H17N5O2S/c1-26-15-6-13-11(7-22-24-13)5-14(15)23-18-17-12-3-2-10(8-25)4-16(12)27-19(17)21-9-20-18/h5-10H,2-4H2,1H3,(H,22,24)(H,20,21,23). The maximum absolute atomic E-state index is 11.2. The number of methoxy groups -OCH3 is 1. The van der Waals surface area contributed by atoms with Gasteiger partial charge in [0, 0.05) is 22.2 Å². The number of hydrogen-bond acceptors (Lipinski definition) is 7. The second kappa shape index (κ2) is 6.31. The van der Waals surface area contributed by atoms with Gasteiger partial charge in [-0.25, -0.2) is 9.97 Å². The lowest BCUT2D eigenvalue weighted by Gasteiger charge is -2.17. The predicted octanol–water partition coefficient (Wildman–Crippen LogP) is 3.62. The van der Waals surface area contributed by atoms with Crippen molar-refractivity contribution < 1.29 is 9.53 Å². The summed E-state index contributed by atoms with van der Waals surface area (Å²) in [5, 5.41) is 12.5. The number of fused-ring (bicyclic) bond motifs is 4. The lowest BCUT2D eigenvalue weighted by molar-refractivity contribution is -0.111. The van der Waals surface area contributed by atoms with Crippen molar-refractivity contribution in [2.45, 2.75) is 19.3 Å². The first kappa shape index (κ1) is 16.2. The van der Waals surface area contributed by atoms with Crippen molar-refractivity contribution in [2.75, 3.05) is 12.4 Å². The third kappa shape index (κ3) is 2.64. The summed E-state index contributed by atoms with van der Waals surface area (Å²) >= 11 is 1.66. The van der Waals surface area contributed by atoms with E-state index in [0.29, 0.717) is 5.75 Å². The number of benzene rings is 1. The third-order valence-corrected chi connectivity index (χ3v) is 6.25. The molecule has 0 amide bonds. The van der Waals surface area contributed by atoms with Gasteiger partial charge in [-0.05, 0) is 30.9 Å². The molecule has 1 aliphatic carbocycles. The lowest BCUT2D eigenvalue weighted by atomic mass is 9.89. The van der Waals surface area contributed by atoms with Crippen LogP contribution < -0.4 is 10.1 Å². The molecule has 0 radical (unpaired) electrons. The van der Waals surface area contributed by atoms with Crippen LogP contribution in [-0.4, -0.2) is 33.6 Å². The zero-order chi connectivity index (χ0) is 18.4. The molecular weight excluding hydrogens is 362 g/mol. The van der Waals surface area contributed by atoms with Gasteiger partial charge in [0.2, 0.25) is 0 Å². The SMILES string of the molecule is COc1cc2[nH]ncc2cc1Nc1ncnc2sc3c(c12)CCC(C=O)C3. The van der Waals surface area contributed by atoms with E-state index in [2.05, 4.69) is 25.5 Å². The number of aldehydes is 1. The van der Waals surface area contributed by atoms with Crippen LogP contribution in [0.5, 0.6) is 5.75 Å². The van der Waals surface area contributed by atoms with E-state index in [-0.39, 0.29) is 5.92 Å². The van der Waals surface area contributed by atoms with Crippen molar-refractivity contribution in [1.29, 1.82) is 0 Å². The number of carbonyl (C=O) groups is 1. The molecule has 136 valence electrons. The second-order valence-electron chi connectivity index (χ2n) is 6.68. The minimum atomic E-state index is 0.110. The van der Waals surface area contributed by atoms with E-state index in [1.165, 1.54) is 10.4 Å². The fraction of sp³-hybridized carbons (Fsp3) is 0.263. The van der Waals surface area contributed by atoms with Gasteiger partial charge in [0.05, 0.1) is 29.9 Å².